The van der Waals surface area contributed by atoms with Gasteiger partial charge in [-0.1, -0.05) is 67.1 Å². The molecule has 0 aromatic heterocycles. The summed E-state index contributed by atoms with van der Waals surface area (Å²) in [5.41, 5.74) is 2.64. The zero-order valence-corrected chi connectivity index (χ0v) is 14.7. The van der Waals surface area contributed by atoms with E-state index in [0.717, 1.165) is 18.7 Å². The molecule has 126 valence electrons. The molecule has 0 N–H and O–H groups in total. The average molecular weight is 321 g/mol. The fraction of sp³-hybridized carbons (Fsp3) is 0.409. The van der Waals surface area contributed by atoms with Gasteiger partial charge >= 0.3 is 0 Å². The minimum absolute atomic E-state index is 0.0909. The Balaban J connectivity index is 1.63. The summed E-state index contributed by atoms with van der Waals surface area (Å²) in [6.07, 6.45) is 4.61. The summed E-state index contributed by atoms with van der Waals surface area (Å²) in [5, 5.41) is 0. The second-order valence-electron chi connectivity index (χ2n) is 7.25. The molecule has 2 heteroatoms. The zero-order chi connectivity index (χ0) is 16.8. The number of ether oxygens (including phenoxy) is 1. The third kappa shape index (κ3) is 4.47. The van der Waals surface area contributed by atoms with Crippen molar-refractivity contribution in [3.05, 3.63) is 71.8 Å². The quantitative estimate of drug-likeness (QED) is 0.626. The first kappa shape index (κ1) is 16.8. The van der Waals surface area contributed by atoms with Crippen LogP contribution in [0.3, 0.4) is 0 Å². The van der Waals surface area contributed by atoms with E-state index < -0.39 is 0 Å². The van der Waals surface area contributed by atoms with Crippen LogP contribution in [0, 0.1) is 0 Å². The van der Waals surface area contributed by atoms with Crippen LogP contribution >= 0.6 is 0 Å². The Morgan fingerprint density at radius 3 is 2.25 bits per heavy atom. The van der Waals surface area contributed by atoms with E-state index in [-0.39, 0.29) is 11.5 Å². The maximum Gasteiger partial charge on any atom is 0.191 e. The van der Waals surface area contributed by atoms with E-state index in [4.69, 9.17) is 9.73 Å². The van der Waals surface area contributed by atoms with Gasteiger partial charge in [-0.3, -0.25) is 0 Å². The van der Waals surface area contributed by atoms with E-state index >= 15 is 0 Å². The molecule has 0 fully saturated rings. The number of nitrogens with zero attached hydrogens (tertiary/aromatic N) is 1. The standard InChI is InChI=1S/C22H27NO/c1-22(2)17-24-21(23-22)20(19-14-7-4-8-15-19)16-10-9-13-18-11-5-3-6-12-18/h3-8,11-12,14-15,20H,9-10,13,16-17H2,1-2H3. The summed E-state index contributed by atoms with van der Waals surface area (Å²) in [6.45, 7) is 4.96. The van der Waals surface area contributed by atoms with Gasteiger partial charge in [0.15, 0.2) is 5.90 Å². The Hall–Kier alpha value is -2.09. The van der Waals surface area contributed by atoms with Gasteiger partial charge < -0.3 is 4.74 Å². The Labute approximate surface area is 145 Å². The zero-order valence-electron chi connectivity index (χ0n) is 14.7. The summed E-state index contributed by atoms with van der Waals surface area (Å²) in [7, 11) is 0. The van der Waals surface area contributed by atoms with Gasteiger partial charge in [0, 0.05) is 0 Å². The lowest BCUT2D eigenvalue weighted by Gasteiger charge is -2.17. The molecule has 1 aliphatic heterocycles. The van der Waals surface area contributed by atoms with Crippen LogP contribution in [0.15, 0.2) is 65.7 Å². The van der Waals surface area contributed by atoms with Gasteiger partial charge in [0.2, 0.25) is 0 Å². The van der Waals surface area contributed by atoms with Crippen LogP contribution in [0.5, 0.6) is 0 Å². The van der Waals surface area contributed by atoms with E-state index in [1.165, 1.54) is 24.0 Å². The molecule has 1 unspecified atom stereocenters. The lowest BCUT2D eigenvalue weighted by molar-refractivity contribution is 0.269. The first-order chi connectivity index (χ1) is 11.6. The molecule has 0 saturated heterocycles. The van der Waals surface area contributed by atoms with Crippen LogP contribution in [-0.4, -0.2) is 18.0 Å². The van der Waals surface area contributed by atoms with E-state index in [2.05, 4.69) is 74.5 Å². The third-order valence-corrected chi connectivity index (χ3v) is 4.54. The fourth-order valence-corrected chi connectivity index (χ4v) is 3.23. The molecular formula is C22H27NO. The second kappa shape index (κ2) is 7.65. The molecule has 1 heterocycles. The maximum absolute atomic E-state index is 5.95. The molecule has 1 atom stereocenters. The van der Waals surface area contributed by atoms with Crippen LogP contribution in [0.4, 0.5) is 0 Å². The molecule has 2 aromatic rings. The molecule has 0 saturated carbocycles. The number of aryl methyl sites for hydroxylation is 1. The van der Waals surface area contributed by atoms with Crippen molar-refractivity contribution < 1.29 is 4.74 Å². The molecule has 24 heavy (non-hydrogen) atoms. The first-order valence-electron chi connectivity index (χ1n) is 8.95. The highest BCUT2D eigenvalue weighted by Gasteiger charge is 2.31. The molecule has 2 nitrogen and oxygen atoms in total. The lowest BCUT2D eigenvalue weighted by atomic mass is 9.92. The molecular weight excluding hydrogens is 294 g/mol. The Kier molecular flexibility index (Phi) is 5.34. The van der Waals surface area contributed by atoms with E-state index in [9.17, 15) is 0 Å². The van der Waals surface area contributed by atoms with E-state index in [0.29, 0.717) is 6.61 Å². The molecule has 0 aliphatic carbocycles. The van der Waals surface area contributed by atoms with Crippen LogP contribution in [-0.2, 0) is 11.2 Å². The molecule has 1 aliphatic rings. The predicted molar refractivity (Wildman–Crippen MR) is 101 cm³/mol. The second-order valence-corrected chi connectivity index (χ2v) is 7.25. The number of rotatable bonds is 7. The van der Waals surface area contributed by atoms with Crippen molar-refractivity contribution in [2.75, 3.05) is 6.61 Å². The van der Waals surface area contributed by atoms with Gasteiger partial charge in [-0.25, -0.2) is 4.99 Å². The predicted octanol–water partition coefficient (Wildman–Crippen LogP) is 5.39. The summed E-state index contributed by atoms with van der Waals surface area (Å²) in [5.74, 6) is 1.20. The number of aliphatic imine (C=N–C) groups is 1. The van der Waals surface area contributed by atoms with Crippen molar-refractivity contribution in [3.63, 3.8) is 0 Å². The van der Waals surface area contributed by atoms with Crippen molar-refractivity contribution in [3.8, 4) is 0 Å². The minimum Gasteiger partial charge on any atom is -0.478 e. The fourth-order valence-electron chi connectivity index (χ4n) is 3.23. The van der Waals surface area contributed by atoms with Gasteiger partial charge in [-0.15, -0.1) is 0 Å². The van der Waals surface area contributed by atoms with Crippen LogP contribution in [0.25, 0.3) is 0 Å². The smallest absolute Gasteiger partial charge is 0.191 e. The largest absolute Gasteiger partial charge is 0.478 e. The lowest BCUT2D eigenvalue weighted by Crippen LogP contribution is -2.17. The van der Waals surface area contributed by atoms with Crippen molar-refractivity contribution in [1.29, 1.82) is 0 Å². The number of benzene rings is 2. The topological polar surface area (TPSA) is 21.6 Å². The van der Waals surface area contributed by atoms with Crippen LogP contribution in [0.1, 0.15) is 50.2 Å². The minimum atomic E-state index is -0.0909. The van der Waals surface area contributed by atoms with Crippen LogP contribution < -0.4 is 0 Å². The van der Waals surface area contributed by atoms with Crippen molar-refractivity contribution in [2.24, 2.45) is 4.99 Å². The Bertz CT molecular complexity index is 661. The van der Waals surface area contributed by atoms with Crippen molar-refractivity contribution in [1.82, 2.24) is 0 Å². The highest BCUT2D eigenvalue weighted by molar-refractivity contribution is 5.85. The molecule has 0 radical (unpaired) electrons. The third-order valence-electron chi connectivity index (χ3n) is 4.54. The number of hydrogen-bond acceptors (Lipinski definition) is 2. The van der Waals surface area contributed by atoms with Crippen molar-refractivity contribution in [2.45, 2.75) is 51.0 Å². The normalized spacial score (nSPS) is 17.2. The van der Waals surface area contributed by atoms with Gasteiger partial charge in [0.1, 0.15) is 6.61 Å². The van der Waals surface area contributed by atoms with Gasteiger partial charge in [0.05, 0.1) is 11.5 Å². The summed E-state index contributed by atoms with van der Waals surface area (Å²) >= 11 is 0. The highest BCUT2D eigenvalue weighted by Crippen LogP contribution is 2.30. The number of unbranched alkanes of at least 4 members (excludes halogenated alkanes) is 1. The van der Waals surface area contributed by atoms with Crippen molar-refractivity contribution >= 4 is 5.90 Å². The van der Waals surface area contributed by atoms with Crippen LogP contribution in [0.2, 0.25) is 0 Å². The average Bonchev–Trinajstić information content (AvgIpc) is 2.96. The monoisotopic (exact) mass is 321 g/mol. The summed E-state index contributed by atoms with van der Waals surface area (Å²) in [4.78, 5) is 4.83. The van der Waals surface area contributed by atoms with Gasteiger partial charge in [-0.2, -0.15) is 0 Å². The number of hydrogen-bond donors (Lipinski definition) is 0. The summed E-state index contributed by atoms with van der Waals surface area (Å²) < 4.78 is 5.95. The van der Waals surface area contributed by atoms with Gasteiger partial charge in [0.25, 0.3) is 0 Å². The molecule has 0 spiro atoms. The highest BCUT2D eigenvalue weighted by atomic mass is 16.5. The SMILES string of the molecule is CC1(C)COC(C(CCCCc2ccccc2)c2ccccc2)=N1. The molecule has 0 amide bonds. The van der Waals surface area contributed by atoms with Gasteiger partial charge in [-0.05, 0) is 44.2 Å². The first-order valence-corrected chi connectivity index (χ1v) is 8.95. The van der Waals surface area contributed by atoms with E-state index in [1.807, 2.05) is 0 Å². The maximum atomic E-state index is 5.95. The molecule has 3 rings (SSSR count). The Morgan fingerprint density at radius 2 is 1.62 bits per heavy atom. The van der Waals surface area contributed by atoms with E-state index in [1.54, 1.807) is 0 Å². The molecule has 0 bridgehead atoms. The molecule has 2 aromatic carbocycles. The summed E-state index contributed by atoms with van der Waals surface area (Å²) in [6, 6.07) is 21.4. The Morgan fingerprint density at radius 1 is 0.958 bits per heavy atom.